The average Bonchev–Trinajstić information content (AvgIpc) is 2.36. The van der Waals surface area contributed by atoms with Crippen LogP contribution in [0.1, 0.15) is 10.4 Å². The first-order chi connectivity index (χ1) is 8.54. The van der Waals surface area contributed by atoms with E-state index in [1.165, 1.54) is 18.2 Å². The van der Waals surface area contributed by atoms with Crippen molar-refractivity contribution in [3.05, 3.63) is 57.0 Å². The fraction of sp³-hybridized carbons (Fsp3) is 0. The van der Waals surface area contributed by atoms with Crippen LogP contribution in [0.2, 0.25) is 5.02 Å². The summed E-state index contributed by atoms with van der Waals surface area (Å²) >= 11 is 8.74. The third-order valence-electron chi connectivity index (χ3n) is 2.39. The minimum absolute atomic E-state index is 0.0333. The summed E-state index contributed by atoms with van der Waals surface area (Å²) in [5, 5.41) is 0.258. The van der Waals surface area contributed by atoms with E-state index in [0.717, 1.165) is 6.07 Å². The zero-order valence-corrected chi connectivity index (χ0v) is 11.1. The van der Waals surface area contributed by atoms with Crippen molar-refractivity contribution in [1.29, 1.82) is 0 Å². The summed E-state index contributed by atoms with van der Waals surface area (Å²) in [6.07, 6.45) is 0.559. The Morgan fingerprint density at radius 2 is 2.06 bits per heavy atom. The Morgan fingerprint density at radius 3 is 2.72 bits per heavy atom. The van der Waals surface area contributed by atoms with Crippen LogP contribution in [-0.4, -0.2) is 6.29 Å². The zero-order chi connectivity index (χ0) is 13.3. The SMILES string of the molecule is O=Cc1cc(-c2c(F)c[c]c(F)c2Br)ccc1Cl. The number of hydrogen-bond donors (Lipinski definition) is 0. The predicted octanol–water partition coefficient (Wildman–Crippen LogP) is 4.66. The van der Waals surface area contributed by atoms with Gasteiger partial charge in [-0.2, -0.15) is 0 Å². The summed E-state index contributed by atoms with van der Waals surface area (Å²) in [5.74, 6) is -1.34. The lowest BCUT2D eigenvalue weighted by atomic mass is 10.0. The predicted molar refractivity (Wildman–Crippen MR) is 68.7 cm³/mol. The van der Waals surface area contributed by atoms with E-state index < -0.39 is 11.6 Å². The van der Waals surface area contributed by atoms with Gasteiger partial charge in [-0.3, -0.25) is 4.79 Å². The van der Waals surface area contributed by atoms with Gasteiger partial charge in [-0.05, 0) is 39.7 Å². The fourth-order valence-corrected chi connectivity index (χ4v) is 2.23. The Kier molecular flexibility index (Phi) is 3.78. The van der Waals surface area contributed by atoms with Gasteiger partial charge in [0.05, 0.1) is 9.50 Å². The minimum Gasteiger partial charge on any atom is -0.298 e. The lowest BCUT2D eigenvalue weighted by molar-refractivity contribution is 0.112. The van der Waals surface area contributed by atoms with E-state index in [1.54, 1.807) is 0 Å². The van der Waals surface area contributed by atoms with Gasteiger partial charge in [0.25, 0.3) is 0 Å². The van der Waals surface area contributed by atoms with Crippen molar-refractivity contribution in [1.82, 2.24) is 0 Å². The summed E-state index contributed by atoms with van der Waals surface area (Å²) < 4.78 is 27.0. The van der Waals surface area contributed by atoms with Crippen molar-refractivity contribution in [3.8, 4) is 11.1 Å². The first kappa shape index (κ1) is 13.2. The largest absolute Gasteiger partial charge is 0.298 e. The summed E-state index contributed by atoms with van der Waals surface area (Å²) in [4.78, 5) is 10.8. The molecule has 0 aliphatic heterocycles. The van der Waals surface area contributed by atoms with E-state index in [2.05, 4.69) is 22.0 Å². The van der Waals surface area contributed by atoms with Crippen LogP contribution in [0.3, 0.4) is 0 Å². The lowest BCUT2D eigenvalue weighted by Crippen LogP contribution is -1.92. The highest BCUT2D eigenvalue weighted by Gasteiger charge is 2.15. The number of rotatable bonds is 2. The molecule has 0 spiro atoms. The Hall–Kier alpha value is -1.26. The van der Waals surface area contributed by atoms with Crippen molar-refractivity contribution in [2.45, 2.75) is 0 Å². The highest BCUT2D eigenvalue weighted by atomic mass is 79.9. The van der Waals surface area contributed by atoms with E-state index in [-0.39, 0.29) is 20.6 Å². The van der Waals surface area contributed by atoms with Crippen LogP contribution in [-0.2, 0) is 0 Å². The normalized spacial score (nSPS) is 10.4. The van der Waals surface area contributed by atoms with E-state index in [0.29, 0.717) is 11.8 Å². The van der Waals surface area contributed by atoms with Crippen LogP contribution >= 0.6 is 27.5 Å². The maximum Gasteiger partial charge on any atom is 0.151 e. The number of carbonyl (C=O) groups excluding carboxylic acids is 1. The molecule has 18 heavy (non-hydrogen) atoms. The first-order valence-corrected chi connectivity index (χ1v) is 6.02. The molecule has 1 radical (unpaired) electrons. The molecule has 5 heteroatoms. The number of aldehydes is 1. The van der Waals surface area contributed by atoms with Gasteiger partial charge in [0.15, 0.2) is 6.29 Å². The summed E-state index contributed by atoms with van der Waals surface area (Å²) in [5.41, 5.74) is 0.610. The Morgan fingerprint density at radius 1 is 1.33 bits per heavy atom. The maximum absolute atomic E-state index is 13.7. The molecular formula is C13H5BrClF2O. The molecule has 2 aromatic rings. The van der Waals surface area contributed by atoms with E-state index in [1.807, 2.05) is 0 Å². The van der Waals surface area contributed by atoms with E-state index >= 15 is 0 Å². The Balaban J connectivity index is 2.69. The third kappa shape index (κ3) is 2.31. The quantitative estimate of drug-likeness (QED) is 0.578. The molecule has 0 aliphatic carbocycles. The van der Waals surface area contributed by atoms with Crippen molar-refractivity contribution in [3.63, 3.8) is 0 Å². The van der Waals surface area contributed by atoms with E-state index in [4.69, 9.17) is 11.6 Å². The zero-order valence-electron chi connectivity index (χ0n) is 8.81. The fourth-order valence-electron chi connectivity index (χ4n) is 1.53. The van der Waals surface area contributed by atoms with Gasteiger partial charge in [0.1, 0.15) is 11.6 Å². The monoisotopic (exact) mass is 329 g/mol. The molecule has 0 bridgehead atoms. The highest BCUT2D eigenvalue weighted by Crippen LogP contribution is 2.34. The van der Waals surface area contributed by atoms with Gasteiger partial charge >= 0.3 is 0 Å². The molecule has 1 nitrogen and oxygen atoms in total. The molecule has 0 aliphatic rings. The average molecular weight is 331 g/mol. The molecule has 0 heterocycles. The van der Waals surface area contributed by atoms with Crippen LogP contribution in [0.5, 0.6) is 0 Å². The van der Waals surface area contributed by atoms with Crippen LogP contribution in [0.4, 0.5) is 8.78 Å². The van der Waals surface area contributed by atoms with Gasteiger partial charge < -0.3 is 0 Å². The molecule has 0 atom stereocenters. The second-order valence-corrected chi connectivity index (χ2v) is 4.69. The van der Waals surface area contributed by atoms with Gasteiger partial charge in [-0.15, -0.1) is 0 Å². The van der Waals surface area contributed by atoms with Crippen molar-refractivity contribution < 1.29 is 13.6 Å². The molecule has 0 unspecified atom stereocenters. The van der Waals surface area contributed by atoms with Gasteiger partial charge in [-0.1, -0.05) is 17.7 Å². The topological polar surface area (TPSA) is 17.1 Å². The van der Waals surface area contributed by atoms with Crippen LogP contribution in [0, 0.1) is 17.7 Å². The van der Waals surface area contributed by atoms with Gasteiger partial charge in [0.2, 0.25) is 0 Å². The smallest absolute Gasteiger partial charge is 0.151 e. The first-order valence-electron chi connectivity index (χ1n) is 4.85. The highest BCUT2D eigenvalue weighted by molar-refractivity contribution is 9.10. The lowest BCUT2D eigenvalue weighted by Gasteiger charge is -2.08. The standard InChI is InChI=1S/C13H5BrClF2O/c14-13-11(17)4-3-10(16)12(13)7-1-2-9(15)8(5-7)6-18/h1-3,5-6H. The summed E-state index contributed by atoms with van der Waals surface area (Å²) in [6, 6.07) is 7.41. The molecule has 0 amide bonds. The summed E-state index contributed by atoms with van der Waals surface area (Å²) in [6.45, 7) is 0. The molecule has 0 saturated heterocycles. The molecule has 0 aromatic heterocycles. The number of carbonyl (C=O) groups is 1. The van der Waals surface area contributed by atoms with Gasteiger partial charge in [0, 0.05) is 17.2 Å². The molecule has 2 aromatic carbocycles. The van der Waals surface area contributed by atoms with Crippen LogP contribution < -0.4 is 0 Å². The van der Waals surface area contributed by atoms with Crippen LogP contribution in [0.25, 0.3) is 11.1 Å². The van der Waals surface area contributed by atoms with Crippen LogP contribution in [0.15, 0.2) is 28.7 Å². The Bertz CT molecular complexity index is 629. The molecule has 0 saturated carbocycles. The second-order valence-electron chi connectivity index (χ2n) is 3.49. The Labute approximate surface area is 116 Å². The molecular weight excluding hydrogens is 325 g/mol. The molecule has 91 valence electrons. The van der Waals surface area contributed by atoms with Gasteiger partial charge in [-0.25, -0.2) is 8.78 Å². The summed E-state index contributed by atoms with van der Waals surface area (Å²) in [7, 11) is 0. The maximum atomic E-state index is 13.7. The van der Waals surface area contributed by atoms with E-state index in [9.17, 15) is 13.6 Å². The number of halogens is 4. The molecule has 2 rings (SSSR count). The third-order valence-corrected chi connectivity index (χ3v) is 3.48. The second kappa shape index (κ2) is 5.16. The number of hydrogen-bond acceptors (Lipinski definition) is 1. The van der Waals surface area contributed by atoms with Crippen molar-refractivity contribution in [2.75, 3.05) is 0 Å². The molecule has 0 N–H and O–H groups in total. The minimum atomic E-state index is -0.700. The number of benzene rings is 2. The molecule has 0 fully saturated rings. The van der Waals surface area contributed by atoms with Crippen molar-refractivity contribution >= 4 is 33.8 Å². The van der Waals surface area contributed by atoms with Crippen molar-refractivity contribution in [2.24, 2.45) is 0 Å².